The minimum atomic E-state index is 0.292. The summed E-state index contributed by atoms with van der Waals surface area (Å²) in [7, 11) is 0. The highest BCUT2D eigenvalue weighted by Gasteiger charge is 2.19. The van der Waals surface area contributed by atoms with Gasteiger partial charge in [-0.05, 0) is 30.6 Å². The minimum absolute atomic E-state index is 0.292. The highest BCUT2D eigenvalue weighted by Crippen LogP contribution is 2.22. The van der Waals surface area contributed by atoms with Crippen LogP contribution in [0.2, 0.25) is 0 Å². The average molecular weight is 292 g/mol. The molecule has 0 aromatic carbocycles. The Balaban J connectivity index is 2.05. The van der Waals surface area contributed by atoms with Gasteiger partial charge in [0.15, 0.2) is 0 Å². The van der Waals surface area contributed by atoms with Crippen LogP contribution in [-0.4, -0.2) is 34.6 Å². The Morgan fingerprint density at radius 2 is 1.67 bits per heavy atom. The van der Waals surface area contributed by atoms with Crippen molar-refractivity contribution in [1.82, 2.24) is 15.0 Å². The largest absolute Gasteiger partial charge is 0.368 e. The predicted octanol–water partition coefficient (Wildman–Crippen LogP) is 2.39. The average Bonchev–Trinajstić information content (AvgIpc) is 2.91. The van der Waals surface area contributed by atoms with Gasteiger partial charge in [0.2, 0.25) is 17.8 Å². The lowest BCUT2D eigenvalue weighted by Crippen LogP contribution is -2.26. The van der Waals surface area contributed by atoms with Gasteiger partial charge in [-0.1, -0.05) is 27.7 Å². The third kappa shape index (κ3) is 4.19. The Morgan fingerprint density at radius 1 is 1.05 bits per heavy atom. The molecule has 2 heterocycles. The molecule has 118 valence electrons. The van der Waals surface area contributed by atoms with Crippen LogP contribution in [0.4, 0.5) is 17.8 Å². The van der Waals surface area contributed by atoms with Gasteiger partial charge >= 0.3 is 0 Å². The lowest BCUT2D eigenvalue weighted by Gasteiger charge is -2.25. The summed E-state index contributed by atoms with van der Waals surface area (Å²) in [6.45, 7) is 11.9. The van der Waals surface area contributed by atoms with E-state index in [1.54, 1.807) is 0 Å². The van der Waals surface area contributed by atoms with Crippen LogP contribution in [0.5, 0.6) is 0 Å². The summed E-state index contributed by atoms with van der Waals surface area (Å²) in [6.07, 6.45) is 2.38. The van der Waals surface area contributed by atoms with Gasteiger partial charge in [0.05, 0.1) is 0 Å². The van der Waals surface area contributed by atoms with Crippen molar-refractivity contribution in [3.05, 3.63) is 0 Å². The summed E-state index contributed by atoms with van der Waals surface area (Å²) < 4.78 is 0. The highest BCUT2D eigenvalue weighted by molar-refractivity contribution is 5.42. The third-order valence-corrected chi connectivity index (χ3v) is 4.24. The van der Waals surface area contributed by atoms with Gasteiger partial charge in [-0.15, -0.1) is 0 Å². The number of nitrogens with two attached hydrogens (primary N) is 1. The van der Waals surface area contributed by atoms with Gasteiger partial charge < -0.3 is 16.0 Å². The van der Waals surface area contributed by atoms with Gasteiger partial charge in [0.1, 0.15) is 0 Å². The molecule has 0 unspecified atom stereocenters. The van der Waals surface area contributed by atoms with Crippen LogP contribution >= 0.6 is 0 Å². The Labute approximate surface area is 127 Å². The SMILES string of the molecule is CC(C)C(CNc1nc(N)nc(N2CCCC2)n1)C(C)C. The number of nitrogens with one attached hydrogen (secondary N) is 1. The van der Waals surface area contributed by atoms with Crippen molar-refractivity contribution in [3.63, 3.8) is 0 Å². The molecular weight excluding hydrogens is 264 g/mol. The molecule has 1 aromatic heterocycles. The molecule has 1 aromatic rings. The Morgan fingerprint density at radius 3 is 2.24 bits per heavy atom. The highest BCUT2D eigenvalue weighted by atomic mass is 15.3. The van der Waals surface area contributed by atoms with E-state index in [9.17, 15) is 0 Å². The lowest BCUT2D eigenvalue weighted by atomic mass is 9.85. The number of nitrogen functional groups attached to an aromatic ring is 1. The molecule has 0 atom stereocenters. The summed E-state index contributed by atoms with van der Waals surface area (Å²) in [4.78, 5) is 15.2. The van der Waals surface area contributed by atoms with E-state index in [2.05, 4.69) is 52.9 Å². The molecule has 6 nitrogen and oxygen atoms in total. The number of hydrogen-bond acceptors (Lipinski definition) is 6. The van der Waals surface area contributed by atoms with Crippen LogP contribution in [0.3, 0.4) is 0 Å². The van der Waals surface area contributed by atoms with Crippen LogP contribution in [0, 0.1) is 17.8 Å². The van der Waals surface area contributed by atoms with Crippen molar-refractivity contribution in [1.29, 1.82) is 0 Å². The zero-order valence-electron chi connectivity index (χ0n) is 13.6. The standard InChI is InChI=1S/C15H28N6/c1-10(2)12(11(3)4)9-17-14-18-13(16)19-15(20-14)21-7-5-6-8-21/h10-12H,5-9H2,1-4H3,(H3,16,17,18,19,20). The Hall–Kier alpha value is -1.59. The molecule has 3 N–H and O–H groups in total. The number of anilines is 3. The van der Waals surface area contributed by atoms with Gasteiger partial charge in [-0.25, -0.2) is 0 Å². The molecule has 1 saturated heterocycles. The fourth-order valence-electron chi connectivity index (χ4n) is 2.97. The van der Waals surface area contributed by atoms with Crippen LogP contribution in [0.25, 0.3) is 0 Å². The summed E-state index contributed by atoms with van der Waals surface area (Å²) in [5.74, 6) is 3.41. The summed E-state index contributed by atoms with van der Waals surface area (Å²) in [5, 5.41) is 3.34. The van der Waals surface area contributed by atoms with Crippen molar-refractivity contribution in [2.75, 3.05) is 35.6 Å². The van der Waals surface area contributed by atoms with E-state index in [0.717, 1.165) is 19.6 Å². The van der Waals surface area contributed by atoms with E-state index in [1.165, 1.54) is 12.8 Å². The third-order valence-electron chi connectivity index (χ3n) is 4.24. The fourth-order valence-corrected chi connectivity index (χ4v) is 2.97. The van der Waals surface area contributed by atoms with Crippen LogP contribution in [-0.2, 0) is 0 Å². The van der Waals surface area contributed by atoms with Crippen LogP contribution < -0.4 is 16.0 Å². The molecule has 0 spiro atoms. The molecule has 1 aliphatic rings. The van der Waals surface area contributed by atoms with Crippen molar-refractivity contribution in [2.24, 2.45) is 17.8 Å². The van der Waals surface area contributed by atoms with E-state index in [0.29, 0.717) is 35.6 Å². The second kappa shape index (κ2) is 6.91. The number of rotatable bonds is 6. The van der Waals surface area contributed by atoms with E-state index in [-0.39, 0.29) is 0 Å². The molecule has 6 heteroatoms. The first-order chi connectivity index (χ1) is 9.97. The van der Waals surface area contributed by atoms with Gasteiger partial charge in [0, 0.05) is 19.6 Å². The zero-order valence-corrected chi connectivity index (χ0v) is 13.6. The Bertz CT molecular complexity index is 445. The number of aromatic nitrogens is 3. The molecule has 1 fully saturated rings. The first kappa shape index (κ1) is 15.8. The molecule has 0 saturated carbocycles. The van der Waals surface area contributed by atoms with Gasteiger partial charge in [-0.2, -0.15) is 15.0 Å². The Kier molecular flexibility index (Phi) is 5.20. The summed E-state index contributed by atoms with van der Waals surface area (Å²) >= 11 is 0. The summed E-state index contributed by atoms with van der Waals surface area (Å²) in [5.41, 5.74) is 5.82. The first-order valence-electron chi connectivity index (χ1n) is 7.97. The van der Waals surface area contributed by atoms with Crippen molar-refractivity contribution >= 4 is 17.8 Å². The van der Waals surface area contributed by atoms with Gasteiger partial charge in [0.25, 0.3) is 0 Å². The molecule has 0 radical (unpaired) electrons. The monoisotopic (exact) mass is 292 g/mol. The second-order valence-corrected chi connectivity index (χ2v) is 6.54. The lowest BCUT2D eigenvalue weighted by molar-refractivity contribution is 0.304. The smallest absolute Gasteiger partial charge is 0.231 e. The molecule has 21 heavy (non-hydrogen) atoms. The van der Waals surface area contributed by atoms with E-state index in [1.807, 2.05) is 0 Å². The van der Waals surface area contributed by atoms with Crippen molar-refractivity contribution in [3.8, 4) is 0 Å². The minimum Gasteiger partial charge on any atom is -0.368 e. The van der Waals surface area contributed by atoms with Crippen LogP contribution in [0.1, 0.15) is 40.5 Å². The maximum Gasteiger partial charge on any atom is 0.231 e. The topological polar surface area (TPSA) is 80.0 Å². The molecule has 2 rings (SSSR count). The zero-order chi connectivity index (χ0) is 15.4. The second-order valence-electron chi connectivity index (χ2n) is 6.54. The van der Waals surface area contributed by atoms with Crippen molar-refractivity contribution < 1.29 is 0 Å². The van der Waals surface area contributed by atoms with E-state index in [4.69, 9.17) is 5.73 Å². The number of nitrogens with zero attached hydrogens (tertiary/aromatic N) is 4. The van der Waals surface area contributed by atoms with Gasteiger partial charge in [-0.3, -0.25) is 0 Å². The quantitative estimate of drug-likeness (QED) is 0.838. The molecule has 1 aliphatic heterocycles. The van der Waals surface area contributed by atoms with Crippen LogP contribution in [0.15, 0.2) is 0 Å². The molecule has 0 amide bonds. The fraction of sp³-hybridized carbons (Fsp3) is 0.800. The molecular formula is C15H28N6. The normalized spacial score (nSPS) is 15.5. The molecule has 0 aliphatic carbocycles. The predicted molar refractivity (Wildman–Crippen MR) is 87.3 cm³/mol. The van der Waals surface area contributed by atoms with Crippen molar-refractivity contribution in [2.45, 2.75) is 40.5 Å². The number of hydrogen-bond donors (Lipinski definition) is 2. The van der Waals surface area contributed by atoms with E-state index < -0.39 is 0 Å². The first-order valence-corrected chi connectivity index (χ1v) is 7.97. The maximum atomic E-state index is 5.82. The molecule has 0 bridgehead atoms. The maximum absolute atomic E-state index is 5.82. The van der Waals surface area contributed by atoms with E-state index >= 15 is 0 Å². The summed E-state index contributed by atoms with van der Waals surface area (Å²) in [6, 6.07) is 0.